The highest BCUT2D eigenvalue weighted by atomic mass is 15.1. The maximum atomic E-state index is 2.65. The number of likely N-dealkylation sites (tertiary alicyclic amines) is 2. The van der Waals surface area contributed by atoms with Crippen molar-refractivity contribution in [1.29, 1.82) is 0 Å². The van der Waals surface area contributed by atoms with E-state index in [1.807, 2.05) is 0 Å². The van der Waals surface area contributed by atoms with Crippen LogP contribution in [0.2, 0.25) is 0 Å². The Labute approximate surface area is 150 Å². The van der Waals surface area contributed by atoms with Crippen LogP contribution in [-0.4, -0.2) is 49.1 Å². The fourth-order valence-corrected chi connectivity index (χ4v) is 6.32. The van der Waals surface area contributed by atoms with Crippen molar-refractivity contribution in [1.82, 2.24) is 9.80 Å². The molecule has 2 aliphatic heterocycles. The van der Waals surface area contributed by atoms with E-state index >= 15 is 0 Å². The van der Waals surface area contributed by atoms with Crippen LogP contribution in [0.25, 0.3) is 0 Å². The molecule has 2 saturated carbocycles. The highest BCUT2D eigenvalue weighted by Crippen LogP contribution is 2.63. The van der Waals surface area contributed by atoms with Crippen LogP contribution in [0.4, 0.5) is 0 Å². The lowest BCUT2D eigenvalue weighted by molar-refractivity contribution is 0.166. The van der Waals surface area contributed by atoms with Crippen molar-refractivity contribution < 1.29 is 0 Å². The number of hydrogen-bond acceptors (Lipinski definition) is 2. The monoisotopic (exact) mass is 332 g/mol. The maximum absolute atomic E-state index is 2.65. The van der Waals surface area contributed by atoms with Crippen molar-refractivity contribution >= 4 is 0 Å². The summed E-state index contributed by atoms with van der Waals surface area (Å²) in [5.74, 6) is 2.22. The Morgan fingerprint density at radius 2 is 1.04 bits per heavy atom. The molecule has 4 aliphatic rings. The van der Waals surface area contributed by atoms with E-state index in [-0.39, 0.29) is 0 Å². The average Bonchev–Trinajstić information content (AvgIpc) is 3.50. The first-order valence-corrected chi connectivity index (χ1v) is 11.1. The minimum atomic E-state index is 0.819. The summed E-state index contributed by atoms with van der Waals surface area (Å²) < 4.78 is 0. The van der Waals surface area contributed by atoms with Gasteiger partial charge in [-0.3, -0.25) is 0 Å². The van der Waals surface area contributed by atoms with Gasteiger partial charge in [0, 0.05) is 0 Å². The van der Waals surface area contributed by atoms with Crippen molar-refractivity contribution in [2.75, 3.05) is 39.3 Å². The van der Waals surface area contributed by atoms with E-state index in [2.05, 4.69) is 23.6 Å². The Bertz CT molecular complexity index is 376. The number of nitrogens with zero attached hydrogens (tertiary/aromatic N) is 2. The van der Waals surface area contributed by atoms with Gasteiger partial charge in [-0.25, -0.2) is 0 Å². The first-order valence-electron chi connectivity index (χ1n) is 11.1. The standard InChI is InChI=1S/C22H40N2/c1-3-23-13-9-21(10-14-23)17-19(21)7-5-6-8-20-18-22(20)11-15-24(4-2)16-12-22/h19-20H,3-18H2,1-2H3. The Morgan fingerprint density at radius 3 is 1.38 bits per heavy atom. The molecule has 2 saturated heterocycles. The Kier molecular flexibility index (Phi) is 4.99. The smallest absolute Gasteiger partial charge is 0.00134 e. The second-order valence-corrected chi connectivity index (χ2v) is 9.68. The SMILES string of the molecule is CCN1CCC2(CC1)CC2CCCCC1CC12CCN(CC)CC2. The molecule has 2 aliphatic carbocycles. The van der Waals surface area contributed by atoms with Crippen molar-refractivity contribution in [2.24, 2.45) is 22.7 Å². The summed E-state index contributed by atoms with van der Waals surface area (Å²) in [7, 11) is 0. The second kappa shape index (κ2) is 6.91. The molecule has 0 aromatic heterocycles. The molecule has 2 unspecified atom stereocenters. The molecule has 24 heavy (non-hydrogen) atoms. The first kappa shape index (κ1) is 17.3. The van der Waals surface area contributed by atoms with Crippen LogP contribution in [-0.2, 0) is 0 Å². The van der Waals surface area contributed by atoms with Crippen LogP contribution >= 0.6 is 0 Å². The van der Waals surface area contributed by atoms with Crippen molar-refractivity contribution in [3.8, 4) is 0 Å². The summed E-state index contributed by atoms with van der Waals surface area (Å²) in [6.07, 6.45) is 15.3. The lowest BCUT2D eigenvalue weighted by atomic mass is 9.88. The largest absolute Gasteiger partial charge is 0.304 e. The Morgan fingerprint density at radius 1 is 0.667 bits per heavy atom. The molecule has 4 rings (SSSR count). The maximum Gasteiger partial charge on any atom is -0.00134 e. The van der Waals surface area contributed by atoms with Crippen LogP contribution in [0.3, 0.4) is 0 Å². The number of unbranched alkanes of at least 4 members (excludes halogenated alkanes) is 1. The lowest BCUT2D eigenvalue weighted by Crippen LogP contribution is -2.34. The van der Waals surface area contributed by atoms with Gasteiger partial charge in [0.05, 0.1) is 0 Å². The van der Waals surface area contributed by atoms with Gasteiger partial charge in [-0.2, -0.15) is 0 Å². The predicted molar refractivity (Wildman–Crippen MR) is 102 cm³/mol. The van der Waals surface area contributed by atoms with E-state index in [0.717, 1.165) is 22.7 Å². The van der Waals surface area contributed by atoms with Crippen LogP contribution in [0, 0.1) is 22.7 Å². The van der Waals surface area contributed by atoms with Gasteiger partial charge in [0.15, 0.2) is 0 Å². The van der Waals surface area contributed by atoms with Gasteiger partial charge in [-0.05, 0) is 113 Å². The summed E-state index contributed by atoms with van der Waals surface area (Å²) in [4.78, 5) is 5.30. The van der Waals surface area contributed by atoms with E-state index in [9.17, 15) is 0 Å². The molecule has 4 fully saturated rings. The van der Waals surface area contributed by atoms with Crippen molar-refractivity contribution in [3.05, 3.63) is 0 Å². The third-order valence-electron chi connectivity index (χ3n) is 8.67. The minimum absolute atomic E-state index is 0.819. The molecule has 2 spiro atoms. The van der Waals surface area contributed by atoms with Gasteiger partial charge in [-0.1, -0.05) is 26.7 Å². The van der Waals surface area contributed by atoms with E-state index in [1.54, 1.807) is 25.7 Å². The third kappa shape index (κ3) is 3.43. The van der Waals surface area contributed by atoms with Gasteiger partial charge in [0.25, 0.3) is 0 Å². The van der Waals surface area contributed by atoms with E-state index in [4.69, 9.17) is 0 Å². The van der Waals surface area contributed by atoms with Gasteiger partial charge >= 0.3 is 0 Å². The summed E-state index contributed by atoms with van der Waals surface area (Å²) in [6.45, 7) is 12.7. The molecule has 2 atom stereocenters. The van der Waals surface area contributed by atoms with Crippen molar-refractivity contribution in [3.63, 3.8) is 0 Å². The number of piperidine rings is 2. The normalized spacial score (nSPS) is 34.8. The highest BCUT2D eigenvalue weighted by Gasteiger charge is 2.55. The minimum Gasteiger partial charge on any atom is -0.304 e. The molecular formula is C22H40N2. The summed E-state index contributed by atoms with van der Waals surface area (Å²) >= 11 is 0. The van der Waals surface area contributed by atoms with Crippen LogP contribution in [0.5, 0.6) is 0 Å². The van der Waals surface area contributed by atoms with Gasteiger partial charge in [0.1, 0.15) is 0 Å². The molecule has 0 N–H and O–H groups in total. The van der Waals surface area contributed by atoms with Crippen LogP contribution in [0.1, 0.15) is 78.1 Å². The summed E-state index contributed by atoms with van der Waals surface area (Å²) in [5, 5.41) is 0. The molecular weight excluding hydrogens is 292 g/mol. The fraction of sp³-hybridized carbons (Fsp3) is 1.00. The molecule has 0 bridgehead atoms. The van der Waals surface area contributed by atoms with Gasteiger partial charge in [-0.15, -0.1) is 0 Å². The Balaban J connectivity index is 1.09. The van der Waals surface area contributed by atoms with Crippen LogP contribution in [0.15, 0.2) is 0 Å². The zero-order valence-corrected chi connectivity index (χ0v) is 16.4. The van der Waals surface area contributed by atoms with E-state index in [0.29, 0.717) is 0 Å². The molecule has 0 radical (unpaired) electrons. The molecule has 0 aromatic carbocycles. The zero-order valence-electron chi connectivity index (χ0n) is 16.4. The lowest BCUT2D eigenvalue weighted by Gasteiger charge is -2.32. The van der Waals surface area contributed by atoms with Gasteiger partial charge in [0.2, 0.25) is 0 Å². The molecule has 0 amide bonds. The second-order valence-electron chi connectivity index (χ2n) is 9.68. The molecule has 2 heterocycles. The summed E-state index contributed by atoms with van der Waals surface area (Å²) in [6, 6.07) is 0. The number of hydrogen-bond donors (Lipinski definition) is 0. The molecule has 2 nitrogen and oxygen atoms in total. The van der Waals surface area contributed by atoms with E-state index < -0.39 is 0 Å². The molecule has 138 valence electrons. The third-order valence-corrected chi connectivity index (χ3v) is 8.67. The average molecular weight is 333 g/mol. The topological polar surface area (TPSA) is 6.48 Å². The predicted octanol–water partition coefficient (Wildman–Crippen LogP) is 4.79. The zero-order chi connectivity index (χ0) is 16.6. The Hall–Kier alpha value is -0.0800. The van der Waals surface area contributed by atoms with E-state index in [1.165, 1.54) is 77.8 Å². The molecule has 0 aromatic rings. The highest BCUT2D eigenvalue weighted by molar-refractivity contribution is 5.05. The fourth-order valence-electron chi connectivity index (χ4n) is 6.32. The first-order chi connectivity index (χ1) is 11.7. The summed E-state index contributed by atoms with van der Waals surface area (Å²) in [5.41, 5.74) is 1.64. The quantitative estimate of drug-likeness (QED) is 0.618. The number of rotatable bonds is 7. The van der Waals surface area contributed by atoms with Gasteiger partial charge < -0.3 is 9.80 Å². The van der Waals surface area contributed by atoms with Crippen molar-refractivity contribution in [2.45, 2.75) is 78.1 Å². The van der Waals surface area contributed by atoms with Crippen LogP contribution < -0.4 is 0 Å². The molecule has 2 heteroatoms.